The molecule has 0 bridgehead atoms. The Balaban J connectivity index is 1.72. The number of aryl methyl sites for hydroxylation is 2. The summed E-state index contributed by atoms with van der Waals surface area (Å²) in [5, 5.41) is 9.70. The molecule has 0 saturated heterocycles. The van der Waals surface area contributed by atoms with Crippen molar-refractivity contribution < 1.29 is 4.42 Å². The lowest BCUT2D eigenvalue weighted by molar-refractivity contribution is 0.475. The Bertz CT molecular complexity index is 746. The van der Waals surface area contributed by atoms with E-state index in [4.69, 9.17) is 4.42 Å². The maximum Gasteiger partial charge on any atom is 0.191 e. The molecular formula is C16H20N4OS2. The van der Waals surface area contributed by atoms with Crippen molar-refractivity contribution in [2.75, 3.05) is 5.75 Å². The van der Waals surface area contributed by atoms with Crippen LogP contribution in [0.2, 0.25) is 0 Å². The van der Waals surface area contributed by atoms with Gasteiger partial charge in [0.15, 0.2) is 5.16 Å². The molecule has 3 aromatic rings. The number of rotatable bonds is 7. The van der Waals surface area contributed by atoms with Gasteiger partial charge in [-0.3, -0.25) is 4.57 Å². The third kappa shape index (κ3) is 3.84. The van der Waals surface area contributed by atoms with Gasteiger partial charge in [0.2, 0.25) is 0 Å². The second-order valence-electron chi connectivity index (χ2n) is 5.62. The van der Waals surface area contributed by atoms with Crippen LogP contribution >= 0.6 is 23.1 Å². The molecule has 5 nitrogen and oxygen atoms in total. The van der Waals surface area contributed by atoms with Gasteiger partial charge in [-0.2, -0.15) is 0 Å². The average Bonchev–Trinajstić information content (AvgIpc) is 3.23. The molecule has 0 aliphatic carbocycles. The Morgan fingerprint density at radius 2 is 2.22 bits per heavy atom. The monoisotopic (exact) mass is 348 g/mol. The second-order valence-corrected chi connectivity index (χ2v) is 7.62. The lowest BCUT2D eigenvalue weighted by Crippen LogP contribution is -2.07. The van der Waals surface area contributed by atoms with Crippen molar-refractivity contribution in [2.24, 2.45) is 0 Å². The van der Waals surface area contributed by atoms with Gasteiger partial charge in [-0.25, -0.2) is 4.98 Å². The third-order valence-corrected chi connectivity index (χ3v) is 5.52. The van der Waals surface area contributed by atoms with E-state index in [1.807, 2.05) is 17.6 Å². The smallest absolute Gasteiger partial charge is 0.191 e. The van der Waals surface area contributed by atoms with E-state index in [0.717, 1.165) is 34.6 Å². The molecule has 0 radical (unpaired) electrons. The van der Waals surface area contributed by atoms with Gasteiger partial charge in [0.1, 0.15) is 11.6 Å². The number of nitrogens with zero attached hydrogens (tertiary/aromatic N) is 4. The molecule has 0 N–H and O–H groups in total. The highest BCUT2D eigenvalue weighted by Gasteiger charge is 2.16. The fourth-order valence-electron chi connectivity index (χ4n) is 2.34. The van der Waals surface area contributed by atoms with Crippen molar-refractivity contribution >= 4 is 23.1 Å². The first-order valence-electron chi connectivity index (χ1n) is 7.62. The molecular weight excluding hydrogens is 328 g/mol. The predicted octanol–water partition coefficient (Wildman–Crippen LogP) is 4.14. The Hall–Kier alpha value is -1.60. The summed E-state index contributed by atoms with van der Waals surface area (Å²) < 4.78 is 7.64. The number of furan rings is 1. The number of aromatic nitrogens is 4. The van der Waals surface area contributed by atoms with Crippen molar-refractivity contribution in [2.45, 2.75) is 44.8 Å². The van der Waals surface area contributed by atoms with Gasteiger partial charge >= 0.3 is 0 Å². The summed E-state index contributed by atoms with van der Waals surface area (Å²) in [6, 6.07) is 3.90. The standard InChI is InChI=1S/C16H20N4OS2/c1-11(2)15-18-19-16(20(15)9-13-5-4-7-21-13)22-8-6-14-12(3)17-10-23-14/h4-5,7,10-11H,6,8-9H2,1-3H3. The molecule has 0 saturated carbocycles. The van der Waals surface area contributed by atoms with Crippen molar-refractivity contribution in [1.29, 1.82) is 0 Å². The van der Waals surface area contributed by atoms with E-state index in [9.17, 15) is 0 Å². The highest BCUT2D eigenvalue weighted by molar-refractivity contribution is 7.99. The topological polar surface area (TPSA) is 56.7 Å². The summed E-state index contributed by atoms with van der Waals surface area (Å²) in [6.07, 6.45) is 2.71. The normalized spacial score (nSPS) is 11.5. The van der Waals surface area contributed by atoms with Crippen LogP contribution in [0.1, 0.15) is 41.9 Å². The van der Waals surface area contributed by atoms with Gasteiger partial charge in [0.25, 0.3) is 0 Å². The predicted molar refractivity (Wildman–Crippen MR) is 93.2 cm³/mol. The summed E-state index contributed by atoms with van der Waals surface area (Å²) >= 11 is 3.46. The first-order valence-corrected chi connectivity index (χ1v) is 9.49. The van der Waals surface area contributed by atoms with Gasteiger partial charge in [-0.1, -0.05) is 25.6 Å². The quantitative estimate of drug-likeness (QED) is 0.601. The van der Waals surface area contributed by atoms with Crippen molar-refractivity contribution in [3.05, 3.63) is 46.1 Å². The third-order valence-electron chi connectivity index (χ3n) is 3.56. The minimum Gasteiger partial charge on any atom is -0.467 e. The molecule has 0 aliphatic heterocycles. The van der Waals surface area contributed by atoms with Gasteiger partial charge in [0.05, 0.1) is 24.0 Å². The molecule has 0 unspecified atom stereocenters. The minimum absolute atomic E-state index is 0.329. The first kappa shape index (κ1) is 16.3. The van der Waals surface area contributed by atoms with E-state index in [2.05, 4.69) is 40.5 Å². The SMILES string of the molecule is Cc1ncsc1CCSc1nnc(C(C)C)n1Cc1ccco1. The molecule has 0 aliphatic rings. The Kier molecular flexibility index (Phi) is 5.17. The molecule has 0 aromatic carbocycles. The van der Waals surface area contributed by atoms with Crippen LogP contribution in [0.3, 0.4) is 0 Å². The van der Waals surface area contributed by atoms with E-state index < -0.39 is 0 Å². The van der Waals surface area contributed by atoms with Crippen LogP contribution in [-0.4, -0.2) is 25.5 Å². The van der Waals surface area contributed by atoms with Crippen LogP contribution in [0.25, 0.3) is 0 Å². The zero-order valence-electron chi connectivity index (χ0n) is 13.5. The highest BCUT2D eigenvalue weighted by Crippen LogP contribution is 2.24. The lowest BCUT2D eigenvalue weighted by Gasteiger charge is -2.10. The summed E-state index contributed by atoms with van der Waals surface area (Å²) in [4.78, 5) is 5.65. The van der Waals surface area contributed by atoms with Crippen LogP contribution in [0, 0.1) is 6.92 Å². The first-order chi connectivity index (χ1) is 11.1. The summed E-state index contributed by atoms with van der Waals surface area (Å²) in [6.45, 7) is 7.01. The second kappa shape index (κ2) is 7.31. The molecule has 0 atom stereocenters. The van der Waals surface area contributed by atoms with Crippen LogP contribution in [0.15, 0.2) is 33.5 Å². The zero-order valence-corrected chi connectivity index (χ0v) is 15.2. The largest absolute Gasteiger partial charge is 0.467 e. The van der Waals surface area contributed by atoms with Crippen LogP contribution < -0.4 is 0 Å². The fraction of sp³-hybridized carbons (Fsp3) is 0.438. The Labute approximate surface area is 144 Å². The van der Waals surface area contributed by atoms with Gasteiger partial charge < -0.3 is 4.42 Å². The van der Waals surface area contributed by atoms with Gasteiger partial charge in [-0.15, -0.1) is 21.5 Å². The molecule has 122 valence electrons. The number of thioether (sulfide) groups is 1. The van der Waals surface area contributed by atoms with Crippen LogP contribution in [0.4, 0.5) is 0 Å². The number of hydrogen-bond acceptors (Lipinski definition) is 6. The zero-order chi connectivity index (χ0) is 16.2. The number of hydrogen-bond donors (Lipinski definition) is 0. The molecule has 0 spiro atoms. The van der Waals surface area contributed by atoms with E-state index in [1.54, 1.807) is 29.4 Å². The van der Waals surface area contributed by atoms with E-state index >= 15 is 0 Å². The highest BCUT2D eigenvalue weighted by atomic mass is 32.2. The molecule has 3 aromatic heterocycles. The molecule has 3 heterocycles. The molecule has 3 rings (SSSR count). The summed E-state index contributed by atoms with van der Waals surface area (Å²) in [7, 11) is 0. The van der Waals surface area contributed by atoms with Crippen LogP contribution in [0.5, 0.6) is 0 Å². The van der Waals surface area contributed by atoms with Crippen LogP contribution in [-0.2, 0) is 13.0 Å². The molecule has 23 heavy (non-hydrogen) atoms. The molecule has 0 amide bonds. The van der Waals surface area contributed by atoms with Gasteiger partial charge in [0, 0.05) is 16.5 Å². The maximum absolute atomic E-state index is 5.48. The number of thiazole rings is 1. The summed E-state index contributed by atoms with van der Waals surface area (Å²) in [5.41, 5.74) is 3.04. The van der Waals surface area contributed by atoms with Gasteiger partial charge in [-0.05, 0) is 25.5 Å². The van der Waals surface area contributed by atoms with Crippen molar-refractivity contribution in [3.63, 3.8) is 0 Å². The maximum atomic E-state index is 5.48. The fourth-order valence-corrected chi connectivity index (χ4v) is 4.15. The minimum atomic E-state index is 0.329. The van der Waals surface area contributed by atoms with E-state index in [-0.39, 0.29) is 0 Å². The average molecular weight is 348 g/mol. The van der Waals surface area contributed by atoms with Crippen molar-refractivity contribution in [1.82, 2.24) is 19.7 Å². The molecule has 7 heteroatoms. The lowest BCUT2D eigenvalue weighted by atomic mass is 10.2. The Morgan fingerprint density at radius 3 is 2.87 bits per heavy atom. The van der Waals surface area contributed by atoms with E-state index in [0.29, 0.717) is 12.5 Å². The van der Waals surface area contributed by atoms with E-state index in [1.165, 1.54) is 4.88 Å². The van der Waals surface area contributed by atoms with Crippen molar-refractivity contribution in [3.8, 4) is 0 Å². The summed E-state index contributed by atoms with van der Waals surface area (Å²) in [5.74, 6) is 3.22. The Morgan fingerprint density at radius 1 is 1.35 bits per heavy atom. The molecule has 0 fully saturated rings.